The number of ether oxygens (including phenoxy) is 2. The van der Waals surface area contributed by atoms with Crippen LogP contribution in [-0.2, 0) is 6.54 Å². The Morgan fingerprint density at radius 3 is 2.67 bits per heavy atom. The maximum Gasteiger partial charge on any atom is 0.206 e. The first-order valence-corrected chi connectivity index (χ1v) is 9.99. The van der Waals surface area contributed by atoms with Crippen LogP contribution in [0.4, 0.5) is 5.13 Å². The quantitative estimate of drug-likeness (QED) is 0.427. The van der Waals surface area contributed by atoms with Gasteiger partial charge in [0.2, 0.25) is 5.13 Å². The maximum atomic E-state index is 12.5. The van der Waals surface area contributed by atoms with Gasteiger partial charge in [-0.2, -0.15) is 0 Å². The fraction of sp³-hybridized carbons (Fsp3) is 0.211. The Bertz CT molecular complexity index is 900. The molecule has 0 aliphatic rings. The van der Waals surface area contributed by atoms with Crippen LogP contribution in [-0.4, -0.2) is 36.0 Å². The summed E-state index contributed by atoms with van der Waals surface area (Å²) in [5, 5.41) is 12.2. The van der Waals surface area contributed by atoms with Gasteiger partial charge in [0.25, 0.3) is 0 Å². The molecule has 0 spiro atoms. The van der Waals surface area contributed by atoms with Gasteiger partial charge >= 0.3 is 0 Å². The van der Waals surface area contributed by atoms with Gasteiger partial charge in [0.1, 0.15) is 11.5 Å². The number of nitrogens with one attached hydrogen (secondary N) is 1. The van der Waals surface area contributed by atoms with Gasteiger partial charge in [-0.3, -0.25) is 4.79 Å². The van der Waals surface area contributed by atoms with Crippen molar-refractivity contribution >= 4 is 34.0 Å². The number of methoxy groups -OCH3 is 2. The molecule has 0 atom stereocenters. The van der Waals surface area contributed by atoms with Crippen LogP contribution in [0, 0.1) is 0 Å². The first-order valence-electron chi connectivity index (χ1n) is 8.19. The lowest BCUT2D eigenvalue weighted by atomic mass is 10.1. The van der Waals surface area contributed by atoms with Gasteiger partial charge in [-0.15, -0.1) is 10.2 Å². The van der Waals surface area contributed by atoms with Crippen molar-refractivity contribution in [2.24, 2.45) is 0 Å². The van der Waals surface area contributed by atoms with Crippen LogP contribution < -0.4 is 14.8 Å². The Kier molecular flexibility index (Phi) is 6.67. The van der Waals surface area contributed by atoms with E-state index in [0.29, 0.717) is 23.6 Å². The van der Waals surface area contributed by atoms with E-state index in [2.05, 4.69) is 15.5 Å². The van der Waals surface area contributed by atoms with E-state index < -0.39 is 0 Å². The number of hydrogen-bond acceptors (Lipinski definition) is 8. The summed E-state index contributed by atoms with van der Waals surface area (Å²) in [5.74, 6) is 1.38. The van der Waals surface area contributed by atoms with Gasteiger partial charge in [0, 0.05) is 12.6 Å². The normalized spacial score (nSPS) is 10.4. The van der Waals surface area contributed by atoms with Gasteiger partial charge in [-0.05, 0) is 17.7 Å². The molecular weight excluding hydrogens is 382 g/mol. The molecule has 3 rings (SSSR count). The molecule has 3 aromatic rings. The second-order valence-corrected chi connectivity index (χ2v) is 7.69. The molecule has 0 saturated heterocycles. The lowest BCUT2D eigenvalue weighted by Crippen LogP contribution is -2.05. The van der Waals surface area contributed by atoms with Crippen LogP contribution in [0.3, 0.4) is 0 Å². The number of carbonyl (C=O) groups is 1. The van der Waals surface area contributed by atoms with Crippen LogP contribution in [0.5, 0.6) is 11.5 Å². The Balaban J connectivity index is 1.56. The van der Waals surface area contributed by atoms with Crippen LogP contribution >= 0.6 is 23.1 Å². The largest absolute Gasteiger partial charge is 0.497 e. The van der Waals surface area contributed by atoms with E-state index in [-0.39, 0.29) is 11.5 Å². The van der Waals surface area contributed by atoms with Crippen molar-refractivity contribution in [1.82, 2.24) is 10.2 Å². The molecular formula is C19H19N3O3S2. The molecule has 6 nitrogen and oxygen atoms in total. The fourth-order valence-corrected chi connectivity index (χ4v) is 3.98. The lowest BCUT2D eigenvalue weighted by Gasteiger charge is -2.09. The first-order chi connectivity index (χ1) is 13.2. The van der Waals surface area contributed by atoms with E-state index in [1.54, 1.807) is 25.3 Å². The van der Waals surface area contributed by atoms with Crippen molar-refractivity contribution in [2.45, 2.75) is 10.9 Å². The van der Waals surface area contributed by atoms with Crippen LogP contribution in [0.1, 0.15) is 15.9 Å². The number of Topliss-reactive ketones (excluding diaryl/α,β-unsaturated/α-hetero) is 1. The van der Waals surface area contributed by atoms with Gasteiger partial charge in [-0.25, -0.2) is 0 Å². The summed E-state index contributed by atoms with van der Waals surface area (Å²) in [6.45, 7) is 0.683. The first kappa shape index (κ1) is 19.2. The molecule has 0 bridgehead atoms. The molecule has 1 heterocycles. The number of ketones is 1. The summed E-state index contributed by atoms with van der Waals surface area (Å²) in [7, 11) is 3.11. The van der Waals surface area contributed by atoms with E-state index in [1.165, 1.54) is 35.8 Å². The zero-order valence-electron chi connectivity index (χ0n) is 15.0. The zero-order chi connectivity index (χ0) is 19.1. The van der Waals surface area contributed by atoms with E-state index in [1.807, 2.05) is 30.3 Å². The highest BCUT2D eigenvalue weighted by Gasteiger charge is 2.15. The van der Waals surface area contributed by atoms with Gasteiger partial charge in [0.05, 0.1) is 25.5 Å². The van der Waals surface area contributed by atoms with Crippen molar-refractivity contribution in [3.05, 3.63) is 59.7 Å². The second kappa shape index (κ2) is 9.38. The van der Waals surface area contributed by atoms with Crippen LogP contribution in [0.15, 0.2) is 52.9 Å². The highest BCUT2D eigenvalue weighted by molar-refractivity contribution is 8.01. The third-order valence-electron chi connectivity index (χ3n) is 3.73. The number of thioether (sulfide) groups is 1. The predicted octanol–water partition coefficient (Wildman–Crippen LogP) is 4.14. The molecule has 0 aliphatic carbocycles. The molecule has 0 radical (unpaired) electrons. The summed E-state index contributed by atoms with van der Waals surface area (Å²) in [6, 6.07) is 15.2. The molecule has 0 unspecified atom stereocenters. The molecule has 1 N–H and O–H groups in total. The van der Waals surface area contributed by atoms with E-state index in [0.717, 1.165) is 9.47 Å². The van der Waals surface area contributed by atoms with E-state index >= 15 is 0 Å². The number of nitrogens with zero attached hydrogens (tertiary/aromatic N) is 2. The molecule has 0 saturated carbocycles. The van der Waals surface area contributed by atoms with Crippen LogP contribution in [0.25, 0.3) is 0 Å². The molecule has 0 amide bonds. The smallest absolute Gasteiger partial charge is 0.206 e. The third-order valence-corrected chi connectivity index (χ3v) is 5.74. The fourth-order valence-electron chi connectivity index (χ4n) is 2.35. The Morgan fingerprint density at radius 2 is 1.93 bits per heavy atom. The topological polar surface area (TPSA) is 73.3 Å². The van der Waals surface area contributed by atoms with Gasteiger partial charge in [-0.1, -0.05) is 53.4 Å². The number of aromatic nitrogens is 2. The van der Waals surface area contributed by atoms with Crippen molar-refractivity contribution in [2.75, 3.05) is 25.3 Å². The lowest BCUT2D eigenvalue weighted by molar-refractivity contribution is 0.101. The molecule has 2 aromatic carbocycles. The molecule has 140 valence electrons. The number of carbonyl (C=O) groups excluding carboxylic acids is 1. The zero-order valence-corrected chi connectivity index (χ0v) is 16.6. The monoisotopic (exact) mass is 401 g/mol. The Hall–Kier alpha value is -2.58. The highest BCUT2D eigenvalue weighted by atomic mass is 32.2. The van der Waals surface area contributed by atoms with Crippen molar-refractivity contribution in [1.29, 1.82) is 0 Å². The summed E-state index contributed by atoms with van der Waals surface area (Å²) in [4.78, 5) is 12.5. The second-order valence-electron chi connectivity index (χ2n) is 5.49. The van der Waals surface area contributed by atoms with Crippen molar-refractivity contribution in [3.8, 4) is 11.5 Å². The SMILES string of the molecule is COc1ccc(C(=O)CSc2nnc(NCc3ccccc3)s2)c(OC)c1. The minimum absolute atomic E-state index is 0.0338. The van der Waals surface area contributed by atoms with Gasteiger partial charge < -0.3 is 14.8 Å². The average molecular weight is 402 g/mol. The summed E-state index contributed by atoms with van der Waals surface area (Å²) < 4.78 is 11.2. The predicted molar refractivity (Wildman–Crippen MR) is 108 cm³/mol. The van der Waals surface area contributed by atoms with Crippen LogP contribution in [0.2, 0.25) is 0 Å². The van der Waals surface area contributed by atoms with E-state index in [9.17, 15) is 4.79 Å². The molecule has 0 fully saturated rings. The number of benzene rings is 2. The van der Waals surface area contributed by atoms with Crippen molar-refractivity contribution in [3.63, 3.8) is 0 Å². The average Bonchev–Trinajstić information content (AvgIpc) is 3.18. The summed E-state index contributed by atoms with van der Waals surface area (Å²) in [6.07, 6.45) is 0. The summed E-state index contributed by atoms with van der Waals surface area (Å²) in [5.41, 5.74) is 1.70. The molecule has 27 heavy (non-hydrogen) atoms. The number of rotatable bonds is 9. The minimum atomic E-state index is -0.0338. The molecule has 0 aliphatic heterocycles. The van der Waals surface area contributed by atoms with E-state index in [4.69, 9.17) is 9.47 Å². The number of hydrogen-bond donors (Lipinski definition) is 1. The number of anilines is 1. The van der Waals surface area contributed by atoms with Crippen molar-refractivity contribution < 1.29 is 14.3 Å². The van der Waals surface area contributed by atoms with Gasteiger partial charge in [0.15, 0.2) is 10.1 Å². The molecule has 8 heteroatoms. The maximum absolute atomic E-state index is 12.5. The third kappa shape index (κ3) is 5.21. The standard InChI is InChI=1S/C19H19N3O3S2/c1-24-14-8-9-15(17(10-14)25-2)16(23)12-26-19-22-21-18(27-19)20-11-13-6-4-3-5-7-13/h3-10H,11-12H2,1-2H3,(H,20,21). The molecule has 1 aromatic heterocycles. The highest BCUT2D eigenvalue weighted by Crippen LogP contribution is 2.29. The Labute approximate surface area is 165 Å². The Morgan fingerprint density at radius 1 is 1.11 bits per heavy atom. The minimum Gasteiger partial charge on any atom is -0.497 e. The summed E-state index contributed by atoms with van der Waals surface area (Å²) >= 11 is 2.80.